The summed E-state index contributed by atoms with van der Waals surface area (Å²) in [6.07, 6.45) is 1.15. The van der Waals surface area contributed by atoms with Crippen molar-refractivity contribution in [2.45, 2.75) is 25.9 Å². The second-order valence-electron chi connectivity index (χ2n) is 2.27. The van der Waals surface area contributed by atoms with Crippen LogP contribution in [0.15, 0.2) is 0 Å². The van der Waals surface area contributed by atoms with Gasteiger partial charge in [0.05, 0.1) is 0 Å². The second kappa shape index (κ2) is 3.39. The van der Waals surface area contributed by atoms with Gasteiger partial charge in [-0.05, 0) is 12.6 Å². The zero-order chi connectivity index (χ0) is 6.62. The van der Waals surface area contributed by atoms with Gasteiger partial charge in [0.15, 0.2) is 0 Å². The monoisotopic (exact) mass is 149 g/mol. The Morgan fingerprint density at radius 3 is 2.38 bits per heavy atom. The van der Waals surface area contributed by atoms with Gasteiger partial charge in [-0.2, -0.15) is 0 Å². The van der Waals surface area contributed by atoms with E-state index >= 15 is 0 Å². The average Bonchev–Trinajstić information content (AvgIpc) is 1.67. The van der Waals surface area contributed by atoms with Crippen LogP contribution in [-0.4, -0.2) is 19.0 Å². The molecule has 0 rings (SSSR count). The van der Waals surface area contributed by atoms with E-state index in [1.807, 2.05) is 0 Å². The Balaban J connectivity index is 3.37. The van der Waals surface area contributed by atoms with Gasteiger partial charge in [0.2, 0.25) is 0 Å². The molecule has 0 spiro atoms. The Morgan fingerprint density at radius 2 is 2.25 bits per heavy atom. The first-order valence-electron chi connectivity index (χ1n) is 2.96. The molecule has 0 radical (unpaired) electrons. The molecule has 0 saturated heterocycles. The summed E-state index contributed by atoms with van der Waals surface area (Å²) in [5.41, 5.74) is 0. The molecule has 0 aliphatic heterocycles. The fourth-order valence-corrected chi connectivity index (χ4v) is 2.41. The van der Waals surface area contributed by atoms with Crippen molar-refractivity contribution in [3.05, 3.63) is 0 Å². The first-order valence-corrected chi connectivity index (χ1v) is 6.47. The van der Waals surface area contributed by atoms with Gasteiger partial charge in [-0.15, -0.1) is 0 Å². The van der Waals surface area contributed by atoms with Crippen LogP contribution in [0, 0.1) is 0 Å². The van der Waals surface area contributed by atoms with Gasteiger partial charge in [0, 0.05) is 0 Å². The molecule has 0 aromatic heterocycles. The Kier molecular flexibility index (Phi) is 3.54. The van der Waals surface area contributed by atoms with Crippen molar-refractivity contribution in [3.63, 3.8) is 0 Å². The molecule has 0 fully saturated rings. The fraction of sp³-hybridized carbons (Fsp3) is 1.00. The molecule has 0 aliphatic rings. The Labute approximate surface area is 55.2 Å². The summed E-state index contributed by atoms with van der Waals surface area (Å²) in [6, 6.07) is 1.09. The van der Waals surface area contributed by atoms with Crippen LogP contribution in [0.2, 0.25) is 12.6 Å². The molecule has 0 aliphatic carbocycles. The van der Waals surface area contributed by atoms with E-state index in [4.69, 9.17) is 9.51 Å². The van der Waals surface area contributed by atoms with E-state index < -0.39 is 8.48 Å². The molecule has 0 aromatic carbocycles. The molecule has 0 saturated carbocycles. The lowest BCUT2D eigenvalue weighted by molar-refractivity contribution is 0.594. The van der Waals surface area contributed by atoms with Gasteiger partial charge in [-0.3, -0.25) is 0 Å². The molecule has 0 amide bonds. The zero-order valence-corrected chi connectivity index (χ0v) is 8.90. The van der Waals surface area contributed by atoms with Crippen molar-refractivity contribution in [1.29, 1.82) is 0 Å². The van der Waals surface area contributed by atoms with E-state index in [-0.39, 0.29) is 0 Å². The first-order chi connectivity index (χ1) is 3.62. The Bertz CT molecular complexity index is 67.1. The minimum atomic E-state index is -1.62. The first kappa shape index (κ1) is 8.35. The van der Waals surface area contributed by atoms with Crippen LogP contribution in [-0.2, 0) is 4.12 Å². The Hall–Kier alpha value is 0.354. The molecule has 50 valence electrons. The quantitative estimate of drug-likeness (QED) is 0.560. The minimum absolute atomic E-state index is 0.798. The Morgan fingerprint density at radius 1 is 1.75 bits per heavy atom. The summed E-state index contributed by atoms with van der Waals surface area (Å²) in [5, 5.41) is 5.78. The van der Waals surface area contributed by atoms with Crippen molar-refractivity contribution >= 4 is 19.0 Å². The number of rotatable bonds is 3. The molecular weight excluding hydrogens is 134 g/mol. The van der Waals surface area contributed by atoms with Crippen molar-refractivity contribution in [1.82, 2.24) is 0 Å². The van der Waals surface area contributed by atoms with Crippen LogP contribution in [0.3, 0.4) is 0 Å². The topological polar surface area (TPSA) is 35.2 Å². The van der Waals surface area contributed by atoms with E-state index in [1.165, 1.54) is 0 Å². The van der Waals surface area contributed by atoms with Crippen LogP contribution in [0.25, 0.3) is 0 Å². The van der Waals surface area contributed by atoms with Crippen molar-refractivity contribution in [2.75, 3.05) is 0 Å². The summed E-state index contributed by atoms with van der Waals surface area (Å²) in [4.78, 5) is 0. The van der Waals surface area contributed by atoms with Crippen LogP contribution in [0.5, 0.6) is 0 Å². The van der Waals surface area contributed by atoms with Crippen molar-refractivity contribution in [3.8, 4) is 0 Å². The minimum Gasteiger partial charge on any atom is -0.453 e. The van der Waals surface area contributed by atoms with Crippen LogP contribution in [0.4, 0.5) is 0 Å². The van der Waals surface area contributed by atoms with Crippen molar-refractivity contribution < 1.29 is 4.12 Å². The van der Waals surface area contributed by atoms with Gasteiger partial charge in [0.1, 0.15) is 10.5 Å². The largest absolute Gasteiger partial charge is 0.453 e. The molecule has 0 heterocycles. The summed E-state index contributed by atoms with van der Waals surface area (Å²) in [5.74, 6) is 0. The van der Waals surface area contributed by atoms with E-state index in [9.17, 15) is 0 Å². The molecule has 2 nitrogen and oxygen atoms in total. The molecular formula is C4H15NOSi2. The smallest absolute Gasteiger partial charge is 0.251 e. The number of nitrogens with two attached hydrogens (primary N) is 1. The molecule has 1 atom stereocenters. The van der Waals surface area contributed by atoms with Crippen molar-refractivity contribution in [2.24, 2.45) is 5.40 Å². The normalized spacial score (nSPS) is 18.4. The van der Waals surface area contributed by atoms with Crippen LogP contribution >= 0.6 is 0 Å². The highest BCUT2D eigenvalue weighted by molar-refractivity contribution is 6.71. The maximum absolute atomic E-state index is 5.78. The maximum Gasteiger partial charge on any atom is 0.251 e. The third-order valence-corrected chi connectivity index (χ3v) is 6.44. The predicted molar refractivity (Wildman–Crippen MR) is 41.9 cm³/mol. The molecule has 0 aromatic rings. The van der Waals surface area contributed by atoms with Gasteiger partial charge in [-0.1, -0.05) is 13.3 Å². The summed E-state index contributed by atoms with van der Waals surface area (Å²) >= 11 is 0. The molecule has 2 N–H and O–H groups in total. The highest BCUT2D eigenvalue weighted by atomic mass is 28.4. The second-order valence-corrected chi connectivity index (χ2v) is 7.03. The molecule has 4 heteroatoms. The zero-order valence-electron chi connectivity index (χ0n) is 5.90. The van der Waals surface area contributed by atoms with E-state index in [0.29, 0.717) is 0 Å². The molecule has 8 heavy (non-hydrogen) atoms. The lowest BCUT2D eigenvalue weighted by Gasteiger charge is -2.18. The lowest BCUT2D eigenvalue weighted by atomic mass is 10.6. The number of hydrogen-bond acceptors (Lipinski definition) is 2. The molecule has 1 unspecified atom stereocenters. The average molecular weight is 149 g/mol. The standard InChI is InChI=1S/C4H15NOSi2/c1-3-4-8(2,5)6-7/h3-5H2,1-2,7H3. The summed E-state index contributed by atoms with van der Waals surface area (Å²) < 4.78 is 5.23. The van der Waals surface area contributed by atoms with E-state index in [1.54, 1.807) is 0 Å². The number of hydrogen-bond donors (Lipinski definition) is 1. The highest BCUT2D eigenvalue weighted by Crippen LogP contribution is 2.03. The summed E-state index contributed by atoms with van der Waals surface area (Å²) in [6.45, 7) is 4.20. The highest BCUT2D eigenvalue weighted by Gasteiger charge is 2.18. The summed E-state index contributed by atoms with van der Waals surface area (Å²) in [7, 11) is -0.817. The fourth-order valence-electron chi connectivity index (χ4n) is 0.598. The predicted octanol–water partition coefficient (Wildman–Crippen LogP) is -0.276. The van der Waals surface area contributed by atoms with Gasteiger partial charge >= 0.3 is 0 Å². The van der Waals surface area contributed by atoms with Gasteiger partial charge in [-0.25, -0.2) is 0 Å². The maximum atomic E-state index is 5.78. The van der Waals surface area contributed by atoms with Crippen LogP contribution in [0.1, 0.15) is 13.3 Å². The third-order valence-electron chi connectivity index (χ3n) is 1.21. The van der Waals surface area contributed by atoms with E-state index in [0.717, 1.165) is 23.0 Å². The lowest BCUT2D eigenvalue weighted by Crippen LogP contribution is -2.44. The van der Waals surface area contributed by atoms with Gasteiger partial charge in [0.25, 0.3) is 8.48 Å². The third kappa shape index (κ3) is 3.37. The van der Waals surface area contributed by atoms with Gasteiger partial charge < -0.3 is 9.51 Å². The SMILES string of the molecule is CCC[Si](C)(N)O[SiH3]. The van der Waals surface area contributed by atoms with E-state index in [2.05, 4.69) is 13.5 Å². The van der Waals surface area contributed by atoms with Crippen LogP contribution < -0.4 is 5.40 Å². The molecule has 0 bridgehead atoms.